The van der Waals surface area contributed by atoms with Crippen LogP contribution in [0.2, 0.25) is 10.0 Å². The molecule has 1 aliphatic heterocycles. The number of hydrogen-bond acceptors (Lipinski definition) is 6. The molecule has 142 valence electrons. The molecule has 1 aromatic carbocycles. The van der Waals surface area contributed by atoms with E-state index in [0.29, 0.717) is 41.2 Å². The van der Waals surface area contributed by atoms with Crippen molar-refractivity contribution < 1.29 is 19.2 Å². The van der Waals surface area contributed by atoms with Gasteiger partial charge in [0.1, 0.15) is 6.61 Å². The van der Waals surface area contributed by atoms with Gasteiger partial charge in [-0.05, 0) is 12.1 Å². The molecule has 1 saturated heterocycles. The van der Waals surface area contributed by atoms with Crippen molar-refractivity contribution in [2.24, 2.45) is 5.92 Å². The van der Waals surface area contributed by atoms with Crippen molar-refractivity contribution in [2.75, 3.05) is 19.6 Å². The highest BCUT2D eigenvalue weighted by atomic mass is 35.5. The van der Waals surface area contributed by atoms with Gasteiger partial charge in [-0.2, -0.15) is 0 Å². The van der Waals surface area contributed by atoms with Crippen molar-refractivity contribution in [1.29, 1.82) is 0 Å². The molecule has 3 N–H and O–H groups in total. The van der Waals surface area contributed by atoms with Gasteiger partial charge in [0.15, 0.2) is 17.2 Å². The molecule has 0 spiro atoms. The molecule has 0 bridgehead atoms. The number of carbonyl (C=O) groups excluding carboxylic acids is 1. The molecule has 2 heterocycles. The van der Waals surface area contributed by atoms with E-state index >= 15 is 0 Å². The van der Waals surface area contributed by atoms with Crippen molar-refractivity contribution in [3.63, 3.8) is 0 Å². The van der Waals surface area contributed by atoms with Crippen LogP contribution in [0.1, 0.15) is 16.2 Å². The Morgan fingerprint density at radius 1 is 1.38 bits per heavy atom. The number of rotatable bonds is 6. The van der Waals surface area contributed by atoms with E-state index in [-0.39, 0.29) is 36.5 Å². The Bertz CT molecular complexity index is 736. The smallest absolute Gasteiger partial charge is 0.273 e. The van der Waals surface area contributed by atoms with Gasteiger partial charge in [0.2, 0.25) is 0 Å². The molecule has 0 aliphatic carbocycles. The Balaban J connectivity index is 0.00000243. The number of aliphatic hydroxyl groups excluding tert-OH is 1. The van der Waals surface area contributed by atoms with Crippen LogP contribution in [0.5, 0.6) is 5.75 Å². The van der Waals surface area contributed by atoms with Gasteiger partial charge in [0.05, 0.1) is 16.1 Å². The van der Waals surface area contributed by atoms with E-state index in [1.54, 1.807) is 18.2 Å². The molecule has 0 radical (unpaired) electrons. The summed E-state index contributed by atoms with van der Waals surface area (Å²) in [7, 11) is 0. The summed E-state index contributed by atoms with van der Waals surface area (Å²) in [5.74, 6) is 0.325. The third-order valence-electron chi connectivity index (χ3n) is 3.90. The Hall–Kier alpha value is -1.51. The van der Waals surface area contributed by atoms with Gasteiger partial charge in [0.25, 0.3) is 5.91 Å². The minimum absolute atomic E-state index is 0. The van der Waals surface area contributed by atoms with Gasteiger partial charge in [-0.3, -0.25) is 4.79 Å². The first-order chi connectivity index (χ1) is 12.0. The number of hydrogen-bond donors (Lipinski definition) is 3. The lowest BCUT2D eigenvalue weighted by atomic mass is 10.1. The minimum Gasteiger partial charge on any atom is -0.482 e. The molecule has 2 aromatic rings. The summed E-state index contributed by atoms with van der Waals surface area (Å²) in [5.41, 5.74) is 0.143. The zero-order valence-electron chi connectivity index (χ0n) is 13.6. The fourth-order valence-electron chi connectivity index (χ4n) is 2.49. The van der Waals surface area contributed by atoms with Gasteiger partial charge in [-0.1, -0.05) is 34.4 Å². The molecule has 1 aromatic heterocycles. The van der Waals surface area contributed by atoms with E-state index in [1.807, 2.05) is 0 Å². The molecule has 2 unspecified atom stereocenters. The monoisotopic (exact) mass is 421 g/mol. The van der Waals surface area contributed by atoms with E-state index < -0.39 is 6.10 Å². The van der Waals surface area contributed by atoms with Crippen LogP contribution in [-0.4, -0.2) is 41.9 Å². The standard InChI is InChI=1S/C16H17Cl2N3O4.ClH/c17-11-2-1-3-12(18)15(11)24-8-10-4-13(21-25-10)16(23)20-6-9-5-19-7-14(9)22;/h1-4,9,14,19,22H,5-8H2,(H,20,23);1H. The Morgan fingerprint density at radius 2 is 2.12 bits per heavy atom. The van der Waals surface area contributed by atoms with Gasteiger partial charge >= 0.3 is 0 Å². The van der Waals surface area contributed by atoms with Crippen LogP contribution in [0.15, 0.2) is 28.8 Å². The average Bonchev–Trinajstić information content (AvgIpc) is 3.21. The van der Waals surface area contributed by atoms with Crippen LogP contribution in [0.25, 0.3) is 0 Å². The molecule has 10 heteroatoms. The second-order valence-corrected chi connectivity index (χ2v) is 6.53. The van der Waals surface area contributed by atoms with Crippen LogP contribution in [0.3, 0.4) is 0 Å². The second kappa shape index (κ2) is 9.43. The van der Waals surface area contributed by atoms with E-state index in [2.05, 4.69) is 15.8 Å². The zero-order valence-corrected chi connectivity index (χ0v) is 15.9. The summed E-state index contributed by atoms with van der Waals surface area (Å²) >= 11 is 12.0. The van der Waals surface area contributed by atoms with E-state index in [0.717, 1.165) is 0 Å². The summed E-state index contributed by atoms with van der Waals surface area (Å²) in [6.45, 7) is 1.60. The maximum absolute atomic E-state index is 12.1. The van der Waals surface area contributed by atoms with Gasteiger partial charge < -0.3 is 25.0 Å². The SMILES string of the molecule is Cl.O=C(NCC1CNCC1O)c1cc(COc2c(Cl)cccc2Cl)on1. The molecule has 2 atom stereocenters. The number of aliphatic hydroxyl groups is 1. The quantitative estimate of drug-likeness (QED) is 0.661. The first-order valence-electron chi connectivity index (χ1n) is 7.74. The van der Waals surface area contributed by atoms with Crippen molar-refractivity contribution in [3.05, 3.63) is 45.8 Å². The number of benzene rings is 1. The second-order valence-electron chi connectivity index (χ2n) is 5.71. The lowest BCUT2D eigenvalue weighted by molar-refractivity contribution is 0.0918. The first-order valence-corrected chi connectivity index (χ1v) is 8.49. The number of halogens is 3. The predicted molar refractivity (Wildman–Crippen MR) is 99.2 cm³/mol. The molecule has 1 fully saturated rings. The van der Waals surface area contributed by atoms with Crippen molar-refractivity contribution in [2.45, 2.75) is 12.7 Å². The fraction of sp³-hybridized carbons (Fsp3) is 0.375. The van der Waals surface area contributed by atoms with Crippen LogP contribution in [0.4, 0.5) is 0 Å². The fourth-order valence-corrected chi connectivity index (χ4v) is 3.00. The Kier molecular flexibility index (Phi) is 7.55. The highest BCUT2D eigenvalue weighted by Gasteiger charge is 2.25. The molecular weight excluding hydrogens is 405 g/mol. The summed E-state index contributed by atoms with van der Waals surface area (Å²) in [6.07, 6.45) is -0.457. The van der Waals surface area contributed by atoms with Crippen LogP contribution >= 0.6 is 35.6 Å². The Morgan fingerprint density at radius 3 is 2.77 bits per heavy atom. The number of para-hydroxylation sites is 1. The first kappa shape index (κ1) is 20.8. The maximum atomic E-state index is 12.1. The number of amides is 1. The lowest BCUT2D eigenvalue weighted by Gasteiger charge is -2.13. The molecule has 1 amide bonds. The summed E-state index contributed by atoms with van der Waals surface area (Å²) < 4.78 is 10.6. The molecule has 3 rings (SSSR count). The van der Waals surface area contributed by atoms with Crippen molar-refractivity contribution in [1.82, 2.24) is 15.8 Å². The molecule has 0 saturated carbocycles. The highest BCUT2D eigenvalue weighted by Crippen LogP contribution is 2.32. The van der Waals surface area contributed by atoms with Crippen LogP contribution in [0, 0.1) is 5.92 Å². The molecule has 26 heavy (non-hydrogen) atoms. The number of nitrogens with one attached hydrogen (secondary N) is 2. The number of aromatic nitrogens is 1. The topological polar surface area (TPSA) is 96.6 Å². The van der Waals surface area contributed by atoms with Crippen molar-refractivity contribution in [3.8, 4) is 5.75 Å². The summed E-state index contributed by atoms with van der Waals surface area (Å²) in [4.78, 5) is 12.1. The van der Waals surface area contributed by atoms with Crippen molar-refractivity contribution >= 4 is 41.5 Å². The van der Waals surface area contributed by atoms with Crippen LogP contribution in [-0.2, 0) is 6.61 Å². The van der Waals surface area contributed by atoms with E-state index in [9.17, 15) is 9.90 Å². The normalized spacial score (nSPS) is 19.0. The summed E-state index contributed by atoms with van der Waals surface area (Å²) in [6, 6.07) is 6.53. The van der Waals surface area contributed by atoms with Gasteiger partial charge in [0, 0.05) is 31.6 Å². The maximum Gasteiger partial charge on any atom is 0.273 e. The molecular formula is C16H18Cl3N3O4. The third-order valence-corrected chi connectivity index (χ3v) is 4.49. The Labute approximate surface area is 166 Å². The summed E-state index contributed by atoms with van der Waals surface area (Å²) in [5, 5.41) is 20.0. The van der Waals surface area contributed by atoms with Gasteiger partial charge in [-0.25, -0.2) is 0 Å². The number of carbonyl (C=O) groups is 1. The highest BCUT2D eigenvalue weighted by molar-refractivity contribution is 6.37. The van der Waals surface area contributed by atoms with E-state index in [4.69, 9.17) is 32.5 Å². The van der Waals surface area contributed by atoms with E-state index in [1.165, 1.54) is 6.07 Å². The zero-order chi connectivity index (χ0) is 17.8. The largest absolute Gasteiger partial charge is 0.482 e. The number of ether oxygens (including phenoxy) is 1. The number of nitrogens with zero attached hydrogens (tertiary/aromatic N) is 1. The van der Waals surface area contributed by atoms with Crippen LogP contribution < -0.4 is 15.4 Å². The number of β-amino-alcohol motifs (C(OH)–C–C–N with tert-alkyl or cyclic N) is 1. The minimum atomic E-state index is -0.457. The molecule has 7 nitrogen and oxygen atoms in total. The average molecular weight is 423 g/mol. The lowest BCUT2D eigenvalue weighted by Crippen LogP contribution is -2.34. The third kappa shape index (κ3) is 5.02. The predicted octanol–water partition coefficient (Wildman–Crippen LogP) is 2.29. The van der Waals surface area contributed by atoms with Gasteiger partial charge in [-0.15, -0.1) is 12.4 Å². The molecule has 1 aliphatic rings.